The molecule has 0 fully saturated rings. The van der Waals surface area contributed by atoms with Crippen molar-refractivity contribution in [3.8, 4) is 16.9 Å². The molecule has 5 nitrogen and oxygen atoms in total. The summed E-state index contributed by atoms with van der Waals surface area (Å²) < 4.78 is 43.5. The topological polar surface area (TPSA) is 68.3 Å². The van der Waals surface area contributed by atoms with Crippen molar-refractivity contribution >= 4 is 31.6 Å². The molecule has 1 heterocycles. The predicted octanol–water partition coefficient (Wildman–Crippen LogP) is 3.54. The quantitative estimate of drug-likeness (QED) is 0.801. The van der Waals surface area contributed by atoms with Gasteiger partial charge in [-0.15, -0.1) is 0 Å². The Balaban J connectivity index is 2.45. The van der Waals surface area contributed by atoms with Crippen LogP contribution in [0.4, 0.5) is 10.1 Å². The van der Waals surface area contributed by atoms with Gasteiger partial charge in [0.25, 0.3) is 0 Å². The van der Waals surface area contributed by atoms with Gasteiger partial charge in [0.2, 0.25) is 10.0 Å². The summed E-state index contributed by atoms with van der Waals surface area (Å²) in [5.74, 6) is 0.504. The Hall–Kier alpha value is -1.67. The molecule has 1 aromatic heterocycles. The Morgan fingerprint density at radius 2 is 2.04 bits per heavy atom. The van der Waals surface area contributed by atoms with Gasteiger partial charge in [-0.3, -0.25) is 9.71 Å². The maximum Gasteiger partial charge on any atom is 0.229 e. The highest BCUT2D eigenvalue weighted by molar-refractivity contribution is 9.10. The van der Waals surface area contributed by atoms with Crippen molar-refractivity contribution in [3.63, 3.8) is 0 Å². The molecule has 0 amide bonds. The average molecular weight is 403 g/mol. The lowest BCUT2D eigenvalue weighted by Gasteiger charge is -2.14. The average Bonchev–Trinajstić information content (AvgIpc) is 2.44. The Labute approximate surface area is 143 Å². The molecule has 2 rings (SSSR count). The molecule has 1 N–H and O–H groups in total. The van der Waals surface area contributed by atoms with E-state index in [2.05, 4.69) is 25.6 Å². The van der Waals surface area contributed by atoms with Crippen LogP contribution in [0.1, 0.15) is 5.56 Å². The van der Waals surface area contributed by atoms with Gasteiger partial charge < -0.3 is 4.74 Å². The molecule has 23 heavy (non-hydrogen) atoms. The zero-order valence-electron chi connectivity index (χ0n) is 12.6. The maximum absolute atomic E-state index is 12.4. The fraction of sp³-hybridized carbons (Fsp3) is 0.267. The van der Waals surface area contributed by atoms with E-state index in [9.17, 15) is 12.8 Å². The van der Waals surface area contributed by atoms with E-state index in [4.69, 9.17) is 4.74 Å². The Morgan fingerprint density at radius 1 is 1.30 bits per heavy atom. The highest BCUT2D eigenvalue weighted by Crippen LogP contribution is 2.37. The molecule has 0 aliphatic rings. The van der Waals surface area contributed by atoms with Gasteiger partial charge in [0.05, 0.1) is 10.7 Å². The summed E-state index contributed by atoms with van der Waals surface area (Å²) >= 11 is 3.35. The van der Waals surface area contributed by atoms with E-state index in [0.29, 0.717) is 21.5 Å². The second-order valence-electron chi connectivity index (χ2n) is 4.94. The van der Waals surface area contributed by atoms with Crippen molar-refractivity contribution < 1.29 is 17.5 Å². The van der Waals surface area contributed by atoms with Crippen LogP contribution in [0.15, 0.2) is 35.1 Å². The highest BCUT2D eigenvalue weighted by Gasteiger charge is 2.14. The van der Waals surface area contributed by atoms with E-state index < -0.39 is 16.7 Å². The first-order valence-electron chi connectivity index (χ1n) is 6.73. The zero-order valence-corrected chi connectivity index (χ0v) is 15.0. The predicted molar refractivity (Wildman–Crippen MR) is 92.0 cm³/mol. The van der Waals surface area contributed by atoms with Crippen LogP contribution in [-0.2, 0) is 10.0 Å². The number of nitrogens with one attached hydrogen (secondary N) is 1. The Bertz CT molecular complexity index is 812. The van der Waals surface area contributed by atoms with Crippen LogP contribution in [0.25, 0.3) is 11.1 Å². The number of alkyl halides is 1. The number of hydrogen-bond donors (Lipinski definition) is 1. The van der Waals surface area contributed by atoms with Crippen molar-refractivity contribution in [1.82, 2.24) is 4.98 Å². The van der Waals surface area contributed by atoms with Crippen LogP contribution in [0.5, 0.6) is 5.75 Å². The van der Waals surface area contributed by atoms with Crippen LogP contribution < -0.4 is 9.46 Å². The SMILES string of the molecule is Cc1cc(NS(C)(=O)=O)ccc1-c1cncc(Br)c1OCCF. The van der Waals surface area contributed by atoms with Gasteiger partial charge in [0, 0.05) is 23.6 Å². The Morgan fingerprint density at radius 3 is 2.65 bits per heavy atom. The largest absolute Gasteiger partial charge is 0.489 e. The third-order valence-electron chi connectivity index (χ3n) is 3.00. The molecule has 0 spiro atoms. The molecular formula is C15H16BrFN2O3S. The molecule has 1 aromatic carbocycles. The van der Waals surface area contributed by atoms with E-state index in [0.717, 1.165) is 17.4 Å². The minimum Gasteiger partial charge on any atom is -0.489 e. The third-order valence-corrected chi connectivity index (χ3v) is 4.17. The smallest absolute Gasteiger partial charge is 0.229 e. The molecule has 0 bridgehead atoms. The van der Waals surface area contributed by atoms with Crippen LogP contribution in [0.2, 0.25) is 0 Å². The lowest BCUT2D eigenvalue weighted by Crippen LogP contribution is -2.09. The van der Waals surface area contributed by atoms with Gasteiger partial charge in [0.1, 0.15) is 19.0 Å². The number of anilines is 1. The summed E-state index contributed by atoms with van der Waals surface area (Å²) in [6, 6.07) is 5.15. The van der Waals surface area contributed by atoms with Crippen LogP contribution >= 0.6 is 15.9 Å². The summed E-state index contributed by atoms with van der Waals surface area (Å²) in [4.78, 5) is 4.12. The normalized spacial score (nSPS) is 11.3. The molecule has 0 unspecified atom stereocenters. The lowest BCUT2D eigenvalue weighted by atomic mass is 10.0. The molecule has 0 saturated heterocycles. The standard InChI is InChI=1S/C15H16BrFN2O3S/c1-10-7-11(19-23(2,20)21)3-4-12(10)13-8-18-9-14(16)15(13)22-6-5-17/h3-4,7-9,19H,5-6H2,1-2H3. The third kappa shape index (κ3) is 4.65. The first kappa shape index (κ1) is 17.7. The summed E-state index contributed by atoms with van der Waals surface area (Å²) in [5, 5.41) is 0. The first-order valence-corrected chi connectivity index (χ1v) is 9.41. The van der Waals surface area contributed by atoms with Gasteiger partial charge in [-0.2, -0.15) is 0 Å². The number of sulfonamides is 1. The first-order chi connectivity index (χ1) is 10.8. The molecule has 0 radical (unpaired) electrons. The molecule has 0 aliphatic heterocycles. The number of hydrogen-bond acceptors (Lipinski definition) is 4. The van der Waals surface area contributed by atoms with E-state index >= 15 is 0 Å². The number of benzene rings is 1. The second kappa shape index (κ2) is 7.27. The zero-order chi connectivity index (χ0) is 17.0. The van der Waals surface area contributed by atoms with Crippen molar-refractivity contribution in [2.24, 2.45) is 0 Å². The van der Waals surface area contributed by atoms with E-state index in [-0.39, 0.29) is 6.61 Å². The number of halogens is 2. The molecule has 124 valence electrons. The molecule has 2 aromatic rings. The lowest BCUT2D eigenvalue weighted by molar-refractivity contribution is 0.272. The van der Waals surface area contributed by atoms with Gasteiger partial charge in [-0.05, 0) is 46.1 Å². The van der Waals surface area contributed by atoms with Gasteiger partial charge in [-0.1, -0.05) is 6.07 Å². The summed E-state index contributed by atoms with van der Waals surface area (Å²) in [5.41, 5.74) is 2.84. The maximum atomic E-state index is 12.4. The number of nitrogens with zero attached hydrogens (tertiary/aromatic N) is 1. The van der Waals surface area contributed by atoms with Gasteiger partial charge in [0.15, 0.2) is 0 Å². The molecule has 8 heteroatoms. The summed E-state index contributed by atoms with van der Waals surface area (Å²) in [7, 11) is -3.33. The van der Waals surface area contributed by atoms with Crippen molar-refractivity contribution in [1.29, 1.82) is 0 Å². The Kier molecular flexibility index (Phi) is 5.59. The number of rotatable bonds is 6. The van der Waals surface area contributed by atoms with E-state index in [1.54, 1.807) is 30.6 Å². The minimum absolute atomic E-state index is 0.0532. The van der Waals surface area contributed by atoms with Gasteiger partial charge in [-0.25, -0.2) is 12.8 Å². The highest BCUT2D eigenvalue weighted by atomic mass is 79.9. The van der Waals surface area contributed by atoms with E-state index in [1.165, 1.54) is 0 Å². The monoisotopic (exact) mass is 402 g/mol. The van der Waals surface area contributed by atoms with Crippen molar-refractivity contribution in [2.45, 2.75) is 6.92 Å². The van der Waals surface area contributed by atoms with Crippen molar-refractivity contribution in [3.05, 3.63) is 40.6 Å². The van der Waals surface area contributed by atoms with Gasteiger partial charge >= 0.3 is 0 Å². The fourth-order valence-corrected chi connectivity index (χ4v) is 3.15. The molecule has 0 atom stereocenters. The minimum atomic E-state index is -3.33. The summed E-state index contributed by atoms with van der Waals surface area (Å²) in [6.07, 6.45) is 4.30. The fourth-order valence-electron chi connectivity index (χ4n) is 2.15. The molecule has 0 saturated carbocycles. The molecule has 0 aliphatic carbocycles. The number of ether oxygens (including phenoxy) is 1. The second-order valence-corrected chi connectivity index (χ2v) is 7.54. The summed E-state index contributed by atoms with van der Waals surface area (Å²) in [6.45, 7) is 1.20. The van der Waals surface area contributed by atoms with Crippen LogP contribution in [0.3, 0.4) is 0 Å². The van der Waals surface area contributed by atoms with E-state index in [1.807, 2.05) is 6.92 Å². The van der Waals surface area contributed by atoms with Crippen LogP contribution in [-0.4, -0.2) is 32.9 Å². The van der Waals surface area contributed by atoms with Crippen LogP contribution in [0, 0.1) is 6.92 Å². The van der Waals surface area contributed by atoms with Crippen molar-refractivity contribution in [2.75, 3.05) is 24.3 Å². The number of aromatic nitrogens is 1. The number of aryl methyl sites for hydroxylation is 1. The molecular weight excluding hydrogens is 387 g/mol. The number of pyridine rings is 1.